The maximum Gasteiger partial charge on any atom is 0.0271 e. The minimum Gasteiger partial charge on any atom is -0.310 e. The van der Waals surface area contributed by atoms with E-state index in [-0.39, 0.29) is 0 Å². The van der Waals surface area contributed by atoms with Gasteiger partial charge >= 0.3 is 0 Å². The Morgan fingerprint density at radius 1 is 1.46 bits per heavy atom. The molecule has 2 rings (SSSR count). The van der Waals surface area contributed by atoms with E-state index >= 15 is 0 Å². The van der Waals surface area contributed by atoms with Gasteiger partial charge in [0.25, 0.3) is 0 Å². The van der Waals surface area contributed by atoms with Crippen LogP contribution in [0.1, 0.15) is 25.3 Å². The molecule has 1 aromatic heterocycles. The van der Waals surface area contributed by atoms with Crippen LogP contribution >= 0.6 is 0 Å². The highest BCUT2D eigenvalue weighted by Gasteiger charge is 2.27. The molecule has 2 nitrogen and oxygen atoms in total. The lowest BCUT2D eigenvalue weighted by Crippen LogP contribution is -2.27. The molecule has 1 N–H and O–H groups in total. The standard InChI is InChI=1S/C11H16N2/c1-9(11-2-3-11)13-8-10-4-6-12-7-5-10/h4-7,9,11,13H,2-3,8H2,1H3/t9-/m0/s1. The van der Waals surface area contributed by atoms with E-state index in [1.807, 2.05) is 12.4 Å². The van der Waals surface area contributed by atoms with Crippen LogP contribution < -0.4 is 5.32 Å². The van der Waals surface area contributed by atoms with Gasteiger partial charge in [-0.2, -0.15) is 0 Å². The summed E-state index contributed by atoms with van der Waals surface area (Å²) in [6.45, 7) is 3.25. The Morgan fingerprint density at radius 2 is 2.15 bits per heavy atom. The minimum atomic E-state index is 0.674. The lowest BCUT2D eigenvalue weighted by molar-refractivity contribution is 0.496. The molecule has 13 heavy (non-hydrogen) atoms. The van der Waals surface area contributed by atoms with Crippen molar-refractivity contribution >= 4 is 0 Å². The van der Waals surface area contributed by atoms with E-state index in [9.17, 15) is 0 Å². The predicted molar refractivity (Wildman–Crippen MR) is 53.3 cm³/mol. The fourth-order valence-electron chi connectivity index (χ4n) is 1.54. The van der Waals surface area contributed by atoms with Crippen LogP contribution in [0.5, 0.6) is 0 Å². The summed E-state index contributed by atoms with van der Waals surface area (Å²) in [5.41, 5.74) is 1.32. The smallest absolute Gasteiger partial charge is 0.0271 e. The van der Waals surface area contributed by atoms with Gasteiger partial charge in [0.1, 0.15) is 0 Å². The summed E-state index contributed by atoms with van der Waals surface area (Å²) in [6.07, 6.45) is 6.51. The lowest BCUT2D eigenvalue weighted by Gasteiger charge is -2.11. The second kappa shape index (κ2) is 3.88. The van der Waals surface area contributed by atoms with Crippen LogP contribution in [0, 0.1) is 5.92 Å². The monoisotopic (exact) mass is 176 g/mol. The third kappa shape index (κ3) is 2.52. The Labute approximate surface area is 79.4 Å². The normalized spacial score (nSPS) is 18.5. The van der Waals surface area contributed by atoms with Crippen LogP contribution in [0.25, 0.3) is 0 Å². The van der Waals surface area contributed by atoms with Gasteiger partial charge in [-0.05, 0) is 43.4 Å². The predicted octanol–water partition coefficient (Wildman–Crippen LogP) is 1.97. The van der Waals surface area contributed by atoms with Crippen LogP contribution in [-0.4, -0.2) is 11.0 Å². The number of hydrogen-bond acceptors (Lipinski definition) is 2. The Kier molecular flexibility index (Phi) is 2.60. The second-order valence-corrected chi connectivity index (χ2v) is 3.86. The number of nitrogens with one attached hydrogen (secondary N) is 1. The molecule has 1 atom stereocenters. The van der Waals surface area contributed by atoms with Gasteiger partial charge in [0.05, 0.1) is 0 Å². The quantitative estimate of drug-likeness (QED) is 0.758. The molecule has 0 radical (unpaired) electrons. The van der Waals surface area contributed by atoms with Crippen molar-refractivity contribution in [1.29, 1.82) is 0 Å². The van der Waals surface area contributed by atoms with Gasteiger partial charge in [0.15, 0.2) is 0 Å². The second-order valence-electron chi connectivity index (χ2n) is 3.86. The summed E-state index contributed by atoms with van der Waals surface area (Å²) in [4.78, 5) is 3.99. The largest absolute Gasteiger partial charge is 0.310 e. The van der Waals surface area contributed by atoms with Crippen molar-refractivity contribution in [3.05, 3.63) is 30.1 Å². The molecule has 1 aliphatic rings. The van der Waals surface area contributed by atoms with Gasteiger partial charge in [-0.15, -0.1) is 0 Å². The molecule has 2 heteroatoms. The number of nitrogens with zero attached hydrogens (tertiary/aromatic N) is 1. The Morgan fingerprint density at radius 3 is 2.77 bits per heavy atom. The number of rotatable bonds is 4. The molecular formula is C11H16N2. The van der Waals surface area contributed by atoms with Gasteiger partial charge in [-0.1, -0.05) is 0 Å². The number of pyridine rings is 1. The summed E-state index contributed by atoms with van der Waals surface area (Å²) < 4.78 is 0. The van der Waals surface area contributed by atoms with Gasteiger partial charge in [-0.25, -0.2) is 0 Å². The summed E-state index contributed by atoms with van der Waals surface area (Å²) in [5.74, 6) is 0.932. The molecule has 1 saturated carbocycles. The minimum absolute atomic E-state index is 0.674. The summed E-state index contributed by atoms with van der Waals surface area (Å²) in [6, 6.07) is 4.80. The molecule has 1 heterocycles. The summed E-state index contributed by atoms with van der Waals surface area (Å²) in [7, 11) is 0. The van der Waals surface area contributed by atoms with Crippen molar-refractivity contribution < 1.29 is 0 Å². The topological polar surface area (TPSA) is 24.9 Å². The van der Waals surface area contributed by atoms with Gasteiger partial charge in [0.2, 0.25) is 0 Å². The van der Waals surface area contributed by atoms with Crippen LogP contribution in [-0.2, 0) is 6.54 Å². The summed E-state index contributed by atoms with van der Waals surface area (Å²) >= 11 is 0. The molecule has 0 saturated heterocycles. The van der Waals surface area contributed by atoms with Crippen molar-refractivity contribution in [2.75, 3.05) is 0 Å². The first-order valence-corrected chi connectivity index (χ1v) is 4.98. The van der Waals surface area contributed by atoms with Crippen LogP contribution in [0.3, 0.4) is 0 Å². The lowest BCUT2D eigenvalue weighted by atomic mass is 10.2. The van der Waals surface area contributed by atoms with Gasteiger partial charge < -0.3 is 5.32 Å². The first kappa shape index (κ1) is 8.70. The molecule has 1 aromatic rings. The van der Waals surface area contributed by atoms with Crippen molar-refractivity contribution in [2.45, 2.75) is 32.4 Å². The van der Waals surface area contributed by atoms with Gasteiger partial charge in [0, 0.05) is 25.0 Å². The van der Waals surface area contributed by atoms with Crippen molar-refractivity contribution in [3.63, 3.8) is 0 Å². The first-order chi connectivity index (χ1) is 6.36. The highest BCUT2D eigenvalue weighted by Crippen LogP contribution is 2.32. The van der Waals surface area contributed by atoms with Crippen LogP contribution in [0.15, 0.2) is 24.5 Å². The van der Waals surface area contributed by atoms with E-state index in [2.05, 4.69) is 29.4 Å². The van der Waals surface area contributed by atoms with Crippen LogP contribution in [0.2, 0.25) is 0 Å². The first-order valence-electron chi connectivity index (χ1n) is 4.98. The Hall–Kier alpha value is -0.890. The number of hydrogen-bond donors (Lipinski definition) is 1. The van der Waals surface area contributed by atoms with E-state index < -0.39 is 0 Å². The zero-order chi connectivity index (χ0) is 9.10. The molecule has 1 fully saturated rings. The average molecular weight is 176 g/mol. The number of aromatic nitrogens is 1. The molecule has 0 spiro atoms. The average Bonchev–Trinajstić information content (AvgIpc) is 2.99. The molecule has 0 bridgehead atoms. The highest BCUT2D eigenvalue weighted by atomic mass is 14.9. The van der Waals surface area contributed by atoms with E-state index in [0.29, 0.717) is 6.04 Å². The molecule has 1 aliphatic carbocycles. The van der Waals surface area contributed by atoms with E-state index in [1.165, 1.54) is 18.4 Å². The molecule has 0 aromatic carbocycles. The van der Waals surface area contributed by atoms with Crippen LogP contribution in [0.4, 0.5) is 0 Å². The third-order valence-corrected chi connectivity index (χ3v) is 2.71. The molecule has 0 amide bonds. The van der Waals surface area contributed by atoms with Gasteiger partial charge in [-0.3, -0.25) is 4.98 Å². The zero-order valence-corrected chi connectivity index (χ0v) is 8.03. The molecular weight excluding hydrogens is 160 g/mol. The summed E-state index contributed by atoms with van der Waals surface area (Å²) in [5, 5.41) is 3.53. The molecule has 70 valence electrons. The van der Waals surface area contributed by atoms with E-state index in [0.717, 1.165) is 12.5 Å². The molecule has 0 aliphatic heterocycles. The Bertz CT molecular complexity index is 254. The van der Waals surface area contributed by atoms with Crippen molar-refractivity contribution in [1.82, 2.24) is 10.3 Å². The van der Waals surface area contributed by atoms with E-state index in [4.69, 9.17) is 0 Å². The van der Waals surface area contributed by atoms with Crippen molar-refractivity contribution in [2.24, 2.45) is 5.92 Å². The third-order valence-electron chi connectivity index (χ3n) is 2.71. The SMILES string of the molecule is C[C@H](NCc1ccncc1)C1CC1. The fraction of sp³-hybridized carbons (Fsp3) is 0.545. The highest BCUT2D eigenvalue weighted by molar-refractivity contribution is 5.09. The van der Waals surface area contributed by atoms with E-state index in [1.54, 1.807) is 0 Å². The molecule has 0 unspecified atom stereocenters. The zero-order valence-electron chi connectivity index (χ0n) is 8.03. The maximum atomic E-state index is 3.99. The van der Waals surface area contributed by atoms with Crippen molar-refractivity contribution in [3.8, 4) is 0 Å². The maximum absolute atomic E-state index is 3.99. The fourth-order valence-corrected chi connectivity index (χ4v) is 1.54. The Balaban J connectivity index is 1.78.